The van der Waals surface area contributed by atoms with Gasteiger partial charge in [-0.05, 0) is 24.5 Å². The number of benzene rings is 2. The molecule has 5 rings (SSSR count). The van der Waals surface area contributed by atoms with Crippen LogP contribution in [0.2, 0.25) is 0 Å². The minimum absolute atomic E-state index is 0.606. The zero-order valence-corrected chi connectivity index (χ0v) is 14.1. The third-order valence-electron chi connectivity index (χ3n) is 5.05. The third kappa shape index (κ3) is 2.58. The van der Waals surface area contributed by atoms with E-state index in [0.717, 1.165) is 30.1 Å². The van der Waals surface area contributed by atoms with E-state index in [4.69, 9.17) is 9.47 Å². The molecule has 126 valence electrons. The molecular formula is C21H21N2O2+. The minimum Gasteiger partial charge on any atom is -0.486 e. The van der Waals surface area contributed by atoms with Crippen LogP contribution in [0.15, 0.2) is 48.5 Å². The number of anilines is 1. The van der Waals surface area contributed by atoms with Crippen molar-refractivity contribution in [2.24, 2.45) is 0 Å². The Kier molecular flexibility index (Phi) is 3.47. The molecule has 4 heteroatoms. The summed E-state index contributed by atoms with van der Waals surface area (Å²) in [5.74, 6) is 2.84. The average molecular weight is 333 g/mol. The van der Waals surface area contributed by atoms with Gasteiger partial charge in [0.2, 0.25) is 0 Å². The highest BCUT2D eigenvalue weighted by Crippen LogP contribution is 2.38. The molecule has 0 aliphatic carbocycles. The first-order valence-electron chi connectivity index (χ1n) is 8.98. The molecule has 1 N–H and O–H groups in total. The molecule has 25 heavy (non-hydrogen) atoms. The number of nitrogens with zero attached hydrogens (tertiary/aromatic N) is 1. The van der Waals surface area contributed by atoms with Crippen LogP contribution in [-0.4, -0.2) is 26.3 Å². The minimum atomic E-state index is 0.606. The van der Waals surface area contributed by atoms with Gasteiger partial charge >= 0.3 is 0 Å². The molecule has 0 bridgehead atoms. The smallest absolute Gasteiger partial charge is 0.275 e. The van der Waals surface area contributed by atoms with Crippen LogP contribution in [0.4, 0.5) is 5.82 Å². The maximum atomic E-state index is 5.80. The summed E-state index contributed by atoms with van der Waals surface area (Å²) in [6.07, 6.45) is 2.52. The van der Waals surface area contributed by atoms with Crippen molar-refractivity contribution in [2.75, 3.05) is 31.2 Å². The molecular weight excluding hydrogens is 312 g/mol. The van der Waals surface area contributed by atoms with Crippen LogP contribution in [0.3, 0.4) is 0 Å². The molecule has 1 fully saturated rings. The van der Waals surface area contributed by atoms with Crippen molar-refractivity contribution in [1.29, 1.82) is 0 Å². The topological polar surface area (TPSA) is 35.8 Å². The highest BCUT2D eigenvalue weighted by atomic mass is 16.6. The molecule has 2 aromatic carbocycles. The molecule has 3 heterocycles. The number of rotatable bonds is 2. The van der Waals surface area contributed by atoms with Gasteiger partial charge in [-0.3, -0.25) is 4.90 Å². The van der Waals surface area contributed by atoms with Crippen LogP contribution in [0.5, 0.6) is 11.5 Å². The maximum absolute atomic E-state index is 5.80. The summed E-state index contributed by atoms with van der Waals surface area (Å²) >= 11 is 0. The largest absolute Gasteiger partial charge is 0.486 e. The molecule has 0 spiro atoms. The van der Waals surface area contributed by atoms with Gasteiger partial charge in [0.15, 0.2) is 11.5 Å². The van der Waals surface area contributed by atoms with Gasteiger partial charge in [0.1, 0.15) is 18.7 Å². The van der Waals surface area contributed by atoms with E-state index in [1.165, 1.54) is 35.2 Å². The molecule has 0 saturated carbocycles. The highest BCUT2D eigenvalue weighted by Gasteiger charge is 2.24. The Labute approximate surface area is 147 Å². The SMILES string of the molecule is c1ccc(-c2cc(N3CCCC3)[nH+]c3cc4c(cc23)OCCO4)cc1. The summed E-state index contributed by atoms with van der Waals surface area (Å²) in [6.45, 7) is 3.44. The van der Waals surface area contributed by atoms with E-state index in [1.54, 1.807) is 0 Å². The van der Waals surface area contributed by atoms with Crippen molar-refractivity contribution in [2.45, 2.75) is 12.8 Å². The third-order valence-corrected chi connectivity index (χ3v) is 5.05. The number of aromatic nitrogens is 1. The second-order valence-electron chi connectivity index (χ2n) is 6.67. The van der Waals surface area contributed by atoms with Gasteiger partial charge in [0.25, 0.3) is 5.82 Å². The number of pyridine rings is 1. The molecule has 0 amide bonds. The van der Waals surface area contributed by atoms with E-state index < -0.39 is 0 Å². The van der Waals surface area contributed by atoms with Gasteiger partial charge in [0.05, 0.1) is 13.1 Å². The number of fused-ring (bicyclic) bond motifs is 2. The van der Waals surface area contributed by atoms with Crippen molar-refractivity contribution in [3.05, 3.63) is 48.5 Å². The van der Waals surface area contributed by atoms with Crippen molar-refractivity contribution in [3.8, 4) is 22.6 Å². The fourth-order valence-electron chi connectivity index (χ4n) is 3.79. The van der Waals surface area contributed by atoms with Crippen molar-refractivity contribution in [1.82, 2.24) is 0 Å². The van der Waals surface area contributed by atoms with Crippen LogP contribution in [0, 0.1) is 0 Å². The molecule has 2 aliphatic heterocycles. The first-order valence-corrected chi connectivity index (χ1v) is 8.98. The molecule has 1 aromatic heterocycles. The Morgan fingerprint density at radius 1 is 0.840 bits per heavy atom. The Morgan fingerprint density at radius 2 is 1.56 bits per heavy atom. The summed E-state index contributed by atoms with van der Waals surface area (Å²) < 4.78 is 11.6. The lowest BCUT2D eigenvalue weighted by atomic mass is 10.0. The number of aromatic amines is 1. The zero-order valence-electron chi connectivity index (χ0n) is 14.1. The Morgan fingerprint density at radius 3 is 2.32 bits per heavy atom. The fourth-order valence-corrected chi connectivity index (χ4v) is 3.79. The van der Waals surface area contributed by atoms with Crippen molar-refractivity contribution < 1.29 is 14.5 Å². The van der Waals surface area contributed by atoms with Crippen LogP contribution in [0.1, 0.15) is 12.8 Å². The maximum Gasteiger partial charge on any atom is 0.275 e. The second kappa shape index (κ2) is 5.96. The Balaban J connectivity index is 1.75. The van der Waals surface area contributed by atoms with Crippen LogP contribution >= 0.6 is 0 Å². The lowest BCUT2D eigenvalue weighted by molar-refractivity contribution is -0.330. The fraction of sp³-hybridized carbons (Fsp3) is 0.286. The van der Waals surface area contributed by atoms with Gasteiger partial charge in [-0.1, -0.05) is 30.3 Å². The molecule has 2 aliphatic rings. The van der Waals surface area contributed by atoms with E-state index >= 15 is 0 Å². The van der Waals surface area contributed by atoms with E-state index in [-0.39, 0.29) is 0 Å². The van der Waals surface area contributed by atoms with Crippen LogP contribution in [0.25, 0.3) is 22.0 Å². The van der Waals surface area contributed by atoms with E-state index in [9.17, 15) is 0 Å². The predicted molar refractivity (Wildman–Crippen MR) is 98.4 cm³/mol. The number of hydrogen-bond acceptors (Lipinski definition) is 3. The molecule has 4 nitrogen and oxygen atoms in total. The average Bonchev–Trinajstić information content (AvgIpc) is 3.21. The number of H-pyrrole nitrogens is 1. The van der Waals surface area contributed by atoms with E-state index in [2.05, 4.69) is 58.4 Å². The number of ether oxygens (including phenoxy) is 2. The van der Waals surface area contributed by atoms with Crippen LogP contribution in [-0.2, 0) is 0 Å². The molecule has 3 aromatic rings. The van der Waals surface area contributed by atoms with Crippen LogP contribution < -0.4 is 19.4 Å². The summed E-state index contributed by atoms with van der Waals surface area (Å²) in [6, 6.07) is 17.0. The second-order valence-corrected chi connectivity index (χ2v) is 6.67. The van der Waals surface area contributed by atoms with E-state index in [1.807, 2.05) is 0 Å². The summed E-state index contributed by atoms with van der Waals surface area (Å²) in [7, 11) is 0. The molecule has 0 atom stereocenters. The normalized spacial score (nSPS) is 16.4. The Hall–Kier alpha value is -2.75. The highest BCUT2D eigenvalue weighted by molar-refractivity contribution is 5.95. The van der Waals surface area contributed by atoms with Gasteiger partial charge < -0.3 is 9.47 Å². The summed E-state index contributed by atoms with van der Waals surface area (Å²) in [4.78, 5) is 6.05. The molecule has 1 saturated heterocycles. The first-order chi connectivity index (χ1) is 12.4. The van der Waals surface area contributed by atoms with Gasteiger partial charge in [-0.15, -0.1) is 0 Å². The zero-order chi connectivity index (χ0) is 16.6. The first kappa shape index (κ1) is 14.6. The standard InChI is InChI=1S/C21H20N2O2/c1-2-6-15(7-3-1)16-13-21(23-8-4-5-9-23)22-18-14-20-19(12-17(16)18)24-10-11-25-20/h1-3,6-7,12-14H,4-5,8-11H2/p+1. The van der Waals surface area contributed by atoms with Gasteiger partial charge in [-0.2, -0.15) is 0 Å². The van der Waals surface area contributed by atoms with Gasteiger partial charge in [-0.25, -0.2) is 4.98 Å². The number of hydrogen-bond donors (Lipinski definition) is 0. The number of nitrogens with one attached hydrogen (secondary N) is 1. The summed E-state index contributed by atoms with van der Waals surface area (Å²) in [5.41, 5.74) is 3.54. The lowest BCUT2D eigenvalue weighted by Crippen LogP contribution is -2.26. The van der Waals surface area contributed by atoms with E-state index in [0.29, 0.717) is 13.2 Å². The monoisotopic (exact) mass is 333 g/mol. The quantitative estimate of drug-likeness (QED) is 0.717. The predicted octanol–water partition coefficient (Wildman–Crippen LogP) is 3.69. The van der Waals surface area contributed by atoms with Crippen molar-refractivity contribution in [3.63, 3.8) is 0 Å². The molecule has 0 radical (unpaired) electrons. The van der Waals surface area contributed by atoms with Gasteiger partial charge in [0, 0.05) is 23.1 Å². The summed E-state index contributed by atoms with van der Waals surface area (Å²) in [5, 5.41) is 1.17. The Bertz CT molecular complexity index is 918. The van der Waals surface area contributed by atoms with Crippen molar-refractivity contribution >= 4 is 16.7 Å². The molecule has 0 unspecified atom stereocenters. The lowest BCUT2D eigenvalue weighted by Gasteiger charge is -2.19.